The Morgan fingerprint density at radius 1 is 0.913 bits per heavy atom. The molecule has 0 saturated heterocycles. The van der Waals surface area contributed by atoms with E-state index in [0.29, 0.717) is 41.8 Å². The zero-order valence-electron chi connectivity index (χ0n) is 14.9. The number of Topliss-reactive ketones (excluding diaryl/α,β-unsaturated/α-hetero) is 2. The molecular weight excluding hydrogens is 294 g/mol. The van der Waals surface area contributed by atoms with Crippen LogP contribution < -0.4 is 5.32 Å². The first-order valence-corrected chi connectivity index (χ1v) is 7.77. The van der Waals surface area contributed by atoms with Crippen molar-refractivity contribution in [3.63, 3.8) is 0 Å². The first kappa shape index (κ1) is 19.1. The van der Waals surface area contributed by atoms with Crippen LogP contribution in [0.15, 0.2) is 22.3 Å². The van der Waals surface area contributed by atoms with E-state index in [1.165, 1.54) is 4.90 Å². The smallest absolute Gasteiger partial charge is 0.317 e. The molecule has 1 aliphatic carbocycles. The largest absolute Gasteiger partial charge is 0.337 e. The number of nitrogens with zero attached hydrogens (tertiary/aromatic N) is 2. The highest BCUT2D eigenvalue weighted by atomic mass is 16.2. The maximum atomic E-state index is 12.3. The van der Waals surface area contributed by atoms with Gasteiger partial charge in [0.2, 0.25) is 0 Å². The Labute approximate surface area is 138 Å². The maximum absolute atomic E-state index is 12.3. The Bertz CT molecular complexity index is 574. The Kier molecular flexibility index (Phi) is 6.69. The van der Waals surface area contributed by atoms with E-state index in [-0.39, 0.29) is 17.6 Å². The summed E-state index contributed by atoms with van der Waals surface area (Å²) in [4.78, 5) is 39.9. The van der Waals surface area contributed by atoms with Gasteiger partial charge < -0.3 is 15.1 Å². The van der Waals surface area contributed by atoms with Crippen molar-refractivity contribution in [1.29, 1.82) is 0 Å². The molecule has 0 aromatic carbocycles. The standard InChI is InChI=1S/C17H27N3O3/c1-11-12(2)16(22)14(13(3)15(11)21)7-9-20(6)17(23)18-8-10-19(4)5/h7-10H2,1-6H3,(H,18,23). The number of rotatable bonds is 6. The molecule has 0 saturated carbocycles. The van der Waals surface area contributed by atoms with Gasteiger partial charge in [-0.05, 0) is 41.3 Å². The number of hydrogen-bond acceptors (Lipinski definition) is 4. The molecule has 0 fully saturated rings. The average Bonchev–Trinajstić information content (AvgIpc) is 2.50. The van der Waals surface area contributed by atoms with Crippen molar-refractivity contribution in [2.45, 2.75) is 27.2 Å². The SMILES string of the molecule is CC1=C(C)C(=O)C(CCN(C)C(=O)NCCN(C)C)=C(C)C1=O. The maximum Gasteiger partial charge on any atom is 0.317 e. The van der Waals surface area contributed by atoms with Gasteiger partial charge >= 0.3 is 6.03 Å². The van der Waals surface area contributed by atoms with E-state index in [9.17, 15) is 14.4 Å². The third-order valence-corrected chi connectivity index (χ3v) is 4.19. The molecule has 0 aromatic rings. The fourth-order valence-corrected chi connectivity index (χ4v) is 2.36. The quantitative estimate of drug-likeness (QED) is 0.751. The molecule has 0 atom stereocenters. The van der Waals surface area contributed by atoms with Crippen LogP contribution in [0.4, 0.5) is 4.79 Å². The number of carbonyl (C=O) groups is 3. The van der Waals surface area contributed by atoms with E-state index >= 15 is 0 Å². The summed E-state index contributed by atoms with van der Waals surface area (Å²) in [5, 5.41) is 2.82. The van der Waals surface area contributed by atoms with E-state index in [0.717, 1.165) is 6.54 Å². The Hall–Kier alpha value is -1.95. The lowest BCUT2D eigenvalue weighted by Crippen LogP contribution is -2.41. The van der Waals surface area contributed by atoms with Crippen LogP contribution in [0.3, 0.4) is 0 Å². The zero-order valence-corrected chi connectivity index (χ0v) is 14.9. The molecule has 128 valence electrons. The number of allylic oxidation sites excluding steroid dienone is 3. The lowest BCUT2D eigenvalue weighted by molar-refractivity contribution is -0.116. The van der Waals surface area contributed by atoms with Gasteiger partial charge in [0.15, 0.2) is 11.6 Å². The molecule has 0 unspecified atom stereocenters. The molecule has 0 radical (unpaired) electrons. The molecule has 23 heavy (non-hydrogen) atoms. The van der Waals surface area contributed by atoms with Gasteiger partial charge in [0.1, 0.15) is 0 Å². The molecular formula is C17H27N3O3. The highest BCUT2D eigenvalue weighted by Gasteiger charge is 2.27. The molecule has 1 N–H and O–H groups in total. The highest BCUT2D eigenvalue weighted by Crippen LogP contribution is 2.26. The normalized spacial score (nSPS) is 15.6. The summed E-state index contributed by atoms with van der Waals surface area (Å²) >= 11 is 0. The van der Waals surface area contributed by atoms with Crippen LogP contribution in [0.25, 0.3) is 0 Å². The van der Waals surface area contributed by atoms with Crippen LogP contribution in [0, 0.1) is 0 Å². The predicted molar refractivity (Wildman–Crippen MR) is 90.3 cm³/mol. The second-order valence-electron chi connectivity index (χ2n) is 6.22. The predicted octanol–water partition coefficient (Wildman–Crippen LogP) is 1.38. The van der Waals surface area contributed by atoms with Crippen LogP contribution in [-0.4, -0.2) is 68.2 Å². The van der Waals surface area contributed by atoms with Crippen LogP contribution in [0.2, 0.25) is 0 Å². The first-order valence-electron chi connectivity index (χ1n) is 7.77. The van der Waals surface area contributed by atoms with E-state index in [1.54, 1.807) is 27.8 Å². The third kappa shape index (κ3) is 4.76. The summed E-state index contributed by atoms with van der Waals surface area (Å²) in [7, 11) is 5.56. The molecule has 0 aromatic heterocycles. The minimum atomic E-state index is -0.178. The molecule has 0 bridgehead atoms. The highest BCUT2D eigenvalue weighted by molar-refractivity contribution is 6.24. The average molecular weight is 321 g/mol. The topological polar surface area (TPSA) is 69.7 Å². The van der Waals surface area contributed by atoms with Gasteiger partial charge in [-0.3, -0.25) is 9.59 Å². The molecule has 0 heterocycles. The van der Waals surface area contributed by atoms with Crippen molar-refractivity contribution in [2.24, 2.45) is 0 Å². The fourth-order valence-electron chi connectivity index (χ4n) is 2.36. The van der Waals surface area contributed by atoms with Crippen molar-refractivity contribution < 1.29 is 14.4 Å². The number of nitrogens with one attached hydrogen (secondary N) is 1. The van der Waals surface area contributed by atoms with Crippen molar-refractivity contribution in [3.8, 4) is 0 Å². The number of amides is 2. The summed E-state index contributed by atoms with van der Waals surface area (Å²) in [5.41, 5.74) is 2.05. The summed E-state index contributed by atoms with van der Waals surface area (Å²) in [6.07, 6.45) is 0.388. The minimum Gasteiger partial charge on any atom is -0.337 e. The van der Waals surface area contributed by atoms with Gasteiger partial charge in [-0.15, -0.1) is 0 Å². The van der Waals surface area contributed by atoms with Crippen molar-refractivity contribution in [2.75, 3.05) is 40.8 Å². The lowest BCUT2D eigenvalue weighted by atomic mass is 9.84. The van der Waals surface area contributed by atoms with E-state index in [4.69, 9.17) is 0 Å². The van der Waals surface area contributed by atoms with Gasteiger partial charge in [-0.25, -0.2) is 4.79 Å². The molecule has 0 spiro atoms. The van der Waals surface area contributed by atoms with Crippen molar-refractivity contribution >= 4 is 17.6 Å². The monoisotopic (exact) mass is 321 g/mol. The van der Waals surface area contributed by atoms with Gasteiger partial charge in [0, 0.05) is 49.0 Å². The van der Waals surface area contributed by atoms with Crippen LogP contribution in [0.5, 0.6) is 0 Å². The van der Waals surface area contributed by atoms with Crippen molar-refractivity contribution in [1.82, 2.24) is 15.1 Å². The van der Waals surface area contributed by atoms with E-state index in [2.05, 4.69) is 5.32 Å². The van der Waals surface area contributed by atoms with E-state index < -0.39 is 0 Å². The molecule has 1 aliphatic rings. The lowest BCUT2D eigenvalue weighted by Gasteiger charge is -2.22. The van der Waals surface area contributed by atoms with Crippen LogP contribution in [0.1, 0.15) is 27.2 Å². The van der Waals surface area contributed by atoms with E-state index in [1.807, 2.05) is 19.0 Å². The second kappa shape index (κ2) is 8.06. The summed E-state index contributed by atoms with van der Waals surface area (Å²) < 4.78 is 0. The number of ketones is 2. The van der Waals surface area contributed by atoms with Crippen LogP contribution in [-0.2, 0) is 9.59 Å². The van der Waals surface area contributed by atoms with Gasteiger partial charge in [-0.2, -0.15) is 0 Å². The van der Waals surface area contributed by atoms with Crippen molar-refractivity contribution in [3.05, 3.63) is 22.3 Å². The Balaban J connectivity index is 2.62. The zero-order chi connectivity index (χ0) is 17.7. The second-order valence-corrected chi connectivity index (χ2v) is 6.22. The number of likely N-dealkylation sites (N-methyl/N-ethyl adjacent to an activating group) is 1. The number of hydrogen-bond donors (Lipinski definition) is 1. The first-order chi connectivity index (χ1) is 10.7. The minimum absolute atomic E-state index is 0.0739. The molecule has 2 amide bonds. The Morgan fingerprint density at radius 2 is 1.48 bits per heavy atom. The van der Waals surface area contributed by atoms with Gasteiger partial charge in [0.05, 0.1) is 0 Å². The van der Waals surface area contributed by atoms with Gasteiger partial charge in [-0.1, -0.05) is 0 Å². The van der Waals surface area contributed by atoms with Crippen LogP contribution >= 0.6 is 0 Å². The molecule has 0 aliphatic heterocycles. The number of urea groups is 1. The fraction of sp³-hybridized carbons (Fsp3) is 0.588. The third-order valence-electron chi connectivity index (χ3n) is 4.19. The molecule has 6 heteroatoms. The molecule has 6 nitrogen and oxygen atoms in total. The summed E-state index contributed by atoms with van der Waals surface area (Å²) in [6.45, 7) is 6.77. The van der Waals surface area contributed by atoms with Gasteiger partial charge in [0.25, 0.3) is 0 Å². The molecule has 1 rings (SSSR count). The number of carbonyl (C=O) groups excluding carboxylic acids is 3. The summed E-state index contributed by atoms with van der Waals surface area (Å²) in [6, 6.07) is -0.178. The Morgan fingerprint density at radius 3 is 2.04 bits per heavy atom. The summed E-state index contributed by atoms with van der Waals surface area (Å²) in [5.74, 6) is -0.156.